The number of carbonyl (C=O) groups is 2. The third-order valence-electron chi connectivity index (χ3n) is 6.68. The van der Waals surface area contributed by atoms with Gasteiger partial charge in [-0.15, -0.1) is 0 Å². The number of fused-ring (bicyclic) bond motifs is 7. The monoisotopic (exact) mass is 401 g/mol. The maximum Gasteiger partial charge on any atom is 0.255 e. The average Bonchev–Trinajstić information content (AvgIpc) is 3.49. The molecule has 2 N–H and O–H groups in total. The Kier molecular flexibility index (Phi) is 3.96. The van der Waals surface area contributed by atoms with Gasteiger partial charge in [0.05, 0.1) is 12.1 Å². The van der Waals surface area contributed by atoms with E-state index in [4.69, 9.17) is 4.74 Å². The molecule has 0 unspecified atom stereocenters. The number of H-pyrrole nitrogens is 1. The summed E-state index contributed by atoms with van der Waals surface area (Å²) in [5.74, 6) is -0.176. The molecule has 3 aliphatic heterocycles. The minimum absolute atomic E-state index is 0.0721. The molecule has 0 spiro atoms. The lowest BCUT2D eigenvalue weighted by atomic mass is 9.90. The summed E-state index contributed by atoms with van der Waals surface area (Å²) in [5, 5.41) is 4.18. The number of hydrogen-bond donors (Lipinski definition) is 2. The molecule has 6 heteroatoms. The Morgan fingerprint density at radius 3 is 2.87 bits per heavy atom. The molecular weight excluding hydrogens is 378 g/mol. The molecule has 1 saturated heterocycles. The van der Waals surface area contributed by atoms with Crippen LogP contribution in [-0.2, 0) is 16.0 Å². The van der Waals surface area contributed by atoms with E-state index in [1.54, 1.807) is 4.90 Å². The van der Waals surface area contributed by atoms with Gasteiger partial charge in [0.2, 0.25) is 5.91 Å². The summed E-state index contributed by atoms with van der Waals surface area (Å²) in [6, 6.07) is 15.1. The Hall–Kier alpha value is -3.12. The highest BCUT2D eigenvalue weighted by atomic mass is 16.5. The van der Waals surface area contributed by atoms with Crippen LogP contribution in [0.1, 0.15) is 46.1 Å². The first-order valence-electron chi connectivity index (χ1n) is 10.6. The van der Waals surface area contributed by atoms with Crippen LogP contribution in [0.5, 0.6) is 0 Å². The fraction of sp³-hybridized carbons (Fsp3) is 0.333. The van der Waals surface area contributed by atoms with Gasteiger partial charge in [0.25, 0.3) is 5.91 Å². The topological polar surface area (TPSA) is 74.4 Å². The van der Waals surface area contributed by atoms with Gasteiger partial charge in [0, 0.05) is 41.7 Å². The molecular formula is C24H23N3O3. The van der Waals surface area contributed by atoms with E-state index in [2.05, 4.69) is 16.4 Å². The molecule has 6 rings (SSSR count). The van der Waals surface area contributed by atoms with Crippen LogP contribution < -0.4 is 5.32 Å². The van der Waals surface area contributed by atoms with Gasteiger partial charge in [0.1, 0.15) is 6.04 Å². The number of benzene rings is 2. The Morgan fingerprint density at radius 1 is 1.17 bits per heavy atom. The average molecular weight is 401 g/mol. The summed E-state index contributed by atoms with van der Waals surface area (Å²) in [7, 11) is 0. The normalized spacial score (nSPS) is 24.6. The zero-order valence-electron chi connectivity index (χ0n) is 16.6. The van der Waals surface area contributed by atoms with Crippen molar-refractivity contribution in [1.82, 2.24) is 15.2 Å². The van der Waals surface area contributed by atoms with Crippen molar-refractivity contribution in [1.29, 1.82) is 0 Å². The minimum Gasteiger partial charge on any atom is -0.376 e. The van der Waals surface area contributed by atoms with Crippen LogP contribution in [0, 0.1) is 0 Å². The van der Waals surface area contributed by atoms with Gasteiger partial charge in [-0.1, -0.05) is 36.4 Å². The van der Waals surface area contributed by atoms with Crippen LogP contribution in [0.2, 0.25) is 0 Å². The minimum atomic E-state index is -0.539. The summed E-state index contributed by atoms with van der Waals surface area (Å²) in [6.07, 6.45) is 2.58. The third kappa shape index (κ3) is 2.53. The lowest BCUT2D eigenvalue weighted by Gasteiger charge is -2.37. The van der Waals surface area contributed by atoms with E-state index in [0.29, 0.717) is 18.5 Å². The molecule has 1 fully saturated rings. The predicted molar refractivity (Wildman–Crippen MR) is 112 cm³/mol. The molecule has 30 heavy (non-hydrogen) atoms. The Bertz CT molecular complexity index is 1160. The van der Waals surface area contributed by atoms with Gasteiger partial charge in [-0.25, -0.2) is 0 Å². The Morgan fingerprint density at radius 2 is 2.00 bits per heavy atom. The predicted octanol–water partition coefficient (Wildman–Crippen LogP) is 2.93. The van der Waals surface area contributed by atoms with Crippen LogP contribution >= 0.6 is 0 Å². The summed E-state index contributed by atoms with van der Waals surface area (Å²) in [6.45, 7) is 1.25. The number of aromatic amines is 1. The number of nitrogens with one attached hydrogen (secondary N) is 2. The first kappa shape index (κ1) is 17.7. The maximum atomic E-state index is 13.3. The number of hydrogen-bond acceptors (Lipinski definition) is 3. The quantitative estimate of drug-likeness (QED) is 0.709. The van der Waals surface area contributed by atoms with Crippen molar-refractivity contribution in [3.05, 3.63) is 70.9 Å². The van der Waals surface area contributed by atoms with E-state index in [0.717, 1.165) is 47.2 Å². The molecule has 0 radical (unpaired) electrons. The summed E-state index contributed by atoms with van der Waals surface area (Å²) in [4.78, 5) is 31.9. The standard InChI is InChI=1S/C24H23N3O3/c28-23(25-13-14-6-5-11-30-14)20-12-18-15-7-3-4-10-19(15)26-21(18)22-16-8-1-2-9-17(16)24(29)27(20)22/h1-4,7-10,14,20,22,26H,5-6,11-13H2,(H,25,28)/t14-,20+,22+/m1/s1. The molecule has 3 atom stereocenters. The van der Waals surface area contributed by atoms with Gasteiger partial charge in [-0.05, 0) is 36.1 Å². The molecule has 6 nitrogen and oxygen atoms in total. The molecule has 1 aromatic heterocycles. The Balaban J connectivity index is 1.43. The van der Waals surface area contributed by atoms with Crippen molar-refractivity contribution in [2.24, 2.45) is 0 Å². The molecule has 4 heterocycles. The van der Waals surface area contributed by atoms with Crippen LogP contribution in [-0.4, -0.2) is 47.0 Å². The molecule has 0 aliphatic carbocycles. The molecule has 0 bridgehead atoms. The molecule has 152 valence electrons. The van der Waals surface area contributed by atoms with E-state index in [-0.39, 0.29) is 24.0 Å². The fourth-order valence-electron chi connectivity index (χ4n) is 5.27. The van der Waals surface area contributed by atoms with Gasteiger partial charge in [0.15, 0.2) is 0 Å². The van der Waals surface area contributed by atoms with E-state index in [9.17, 15) is 9.59 Å². The largest absolute Gasteiger partial charge is 0.376 e. The van der Waals surface area contributed by atoms with Gasteiger partial charge < -0.3 is 19.9 Å². The molecule has 2 aromatic carbocycles. The number of ether oxygens (including phenoxy) is 1. The highest BCUT2D eigenvalue weighted by Crippen LogP contribution is 2.46. The van der Waals surface area contributed by atoms with Crippen LogP contribution in [0.4, 0.5) is 0 Å². The summed E-state index contributed by atoms with van der Waals surface area (Å²) in [5.41, 5.74) is 4.85. The second-order valence-corrected chi connectivity index (χ2v) is 8.37. The fourth-order valence-corrected chi connectivity index (χ4v) is 5.27. The molecule has 0 saturated carbocycles. The number of carbonyl (C=O) groups excluding carboxylic acids is 2. The van der Waals surface area contributed by atoms with E-state index in [1.807, 2.05) is 42.5 Å². The molecule has 3 aromatic rings. The van der Waals surface area contributed by atoms with Gasteiger partial charge >= 0.3 is 0 Å². The van der Waals surface area contributed by atoms with E-state index >= 15 is 0 Å². The van der Waals surface area contributed by atoms with Gasteiger partial charge in [-0.2, -0.15) is 0 Å². The van der Waals surface area contributed by atoms with Crippen LogP contribution in [0.25, 0.3) is 10.9 Å². The van der Waals surface area contributed by atoms with Crippen molar-refractivity contribution in [2.45, 2.75) is 37.5 Å². The zero-order chi connectivity index (χ0) is 20.2. The smallest absolute Gasteiger partial charge is 0.255 e. The SMILES string of the molecule is O=C(NC[C@H]1CCCO1)[C@@H]1Cc2c([nH]c3ccccc23)[C@@H]2c3ccccc3C(=O)N21. The first-order chi connectivity index (χ1) is 14.7. The van der Waals surface area contributed by atoms with E-state index in [1.165, 1.54) is 0 Å². The van der Waals surface area contributed by atoms with Crippen molar-refractivity contribution in [2.75, 3.05) is 13.2 Å². The maximum absolute atomic E-state index is 13.3. The first-order valence-corrected chi connectivity index (χ1v) is 10.6. The highest BCUT2D eigenvalue weighted by Gasteiger charge is 2.48. The summed E-state index contributed by atoms with van der Waals surface area (Å²) < 4.78 is 5.65. The Labute approximate surface area is 174 Å². The lowest BCUT2D eigenvalue weighted by molar-refractivity contribution is -0.126. The van der Waals surface area contributed by atoms with E-state index < -0.39 is 6.04 Å². The third-order valence-corrected chi connectivity index (χ3v) is 6.68. The van der Waals surface area contributed by atoms with Crippen molar-refractivity contribution < 1.29 is 14.3 Å². The number of para-hydroxylation sites is 1. The summed E-state index contributed by atoms with van der Waals surface area (Å²) >= 11 is 0. The lowest BCUT2D eigenvalue weighted by Crippen LogP contribution is -2.53. The number of aromatic nitrogens is 1. The second-order valence-electron chi connectivity index (χ2n) is 8.37. The second kappa shape index (κ2) is 6.71. The zero-order valence-corrected chi connectivity index (χ0v) is 16.6. The van der Waals surface area contributed by atoms with Crippen LogP contribution in [0.3, 0.4) is 0 Å². The van der Waals surface area contributed by atoms with Crippen LogP contribution in [0.15, 0.2) is 48.5 Å². The number of rotatable bonds is 3. The molecule has 3 aliphatic rings. The molecule has 2 amide bonds. The number of amides is 2. The van der Waals surface area contributed by atoms with Crippen molar-refractivity contribution in [3.8, 4) is 0 Å². The number of nitrogens with zero attached hydrogens (tertiary/aromatic N) is 1. The highest BCUT2D eigenvalue weighted by molar-refractivity contribution is 6.03. The van der Waals surface area contributed by atoms with Crippen molar-refractivity contribution in [3.63, 3.8) is 0 Å². The van der Waals surface area contributed by atoms with Crippen molar-refractivity contribution >= 4 is 22.7 Å². The van der Waals surface area contributed by atoms with Gasteiger partial charge in [-0.3, -0.25) is 9.59 Å².